The van der Waals surface area contributed by atoms with Crippen molar-refractivity contribution in [1.29, 1.82) is 0 Å². The number of ether oxygens (including phenoxy) is 3. The van der Waals surface area contributed by atoms with Gasteiger partial charge in [0.2, 0.25) is 5.91 Å². The van der Waals surface area contributed by atoms with Crippen molar-refractivity contribution in [2.45, 2.75) is 40.5 Å². The molecule has 1 amide bonds. The molecule has 0 fully saturated rings. The lowest BCUT2D eigenvalue weighted by Gasteiger charge is -2.06. The summed E-state index contributed by atoms with van der Waals surface area (Å²) in [7, 11) is 0. The van der Waals surface area contributed by atoms with Gasteiger partial charge in [-0.3, -0.25) is 4.79 Å². The molecule has 0 aromatic heterocycles. The van der Waals surface area contributed by atoms with Crippen LogP contribution >= 0.6 is 0 Å². The fraction of sp³-hybridized carbons (Fsp3) is 0.611. The summed E-state index contributed by atoms with van der Waals surface area (Å²) in [5, 5.41) is 0. The monoisotopic (exact) mass is 327 g/mol. The largest absolute Gasteiger partial charge is 0.494 e. The van der Waals surface area contributed by atoms with E-state index in [0.717, 1.165) is 18.6 Å². The molecule has 0 unspecified atom stereocenters. The third-order valence-corrected chi connectivity index (χ3v) is 2.31. The minimum atomic E-state index is -0.460. The van der Waals surface area contributed by atoms with Gasteiger partial charge in [-0.05, 0) is 25.0 Å². The van der Waals surface area contributed by atoms with Gasteiger partial charge in [0.25, 0.3) is 0 Å². The Kier molecular flexibility index (Phi) is 21.0. The Morgan fingerprint density at radius 2 is 1.43 bits per heavy atom. The molecule has 0 aliphatic carbocycles. The quantitative estimate of drug-likeness (QED) is 0.632. The summed E-state index contributed by atoms with van der Waals surface area (Å²) < 4.78 is 15.8. The number of carbonyl (C=O) groups excluding carboxylic acids is 1. The number of hydrogen-bond acceptors (Lipinski definition) is 4. The average Bonchev–Trinajstić information content (AvgIpc) is 2.61. The zero-order valence-electron chi connectivity index (χ0n) is 15.0. The van der Waals surface area contributed by atoms with Gasteiger partial charge >= 0.3 is 0 Å². The highest BCUT2D eigenvalue weighted by Gasteiger charge is 1.95. The van der Waals surface area contributed by atoms with Crippen LogP contribution in [0.3, 0.4) is 0 Å². The third kappa shape index (κ3) is 18.4. The SMILES string of the molecule is CC.CC.NC(=O)COCCOCCCCOc1ccccc1. The molecule has 1 aromatic carbocycles. The summed E-state index contributed by atoms with van der Waals surface area (Å²) in [4.78, 5) is 10.4. The highest BCUT2D eigenvalue weighted by Crippen LogP contribution is 2.08. The first-order valence-electron chi connectivity index (χ1n) is 8.40. The molecule has 0 radical (unpaired) electrons. The third-order valence-electron chi connectivity index (χ3n) is 2.31. The number of unbranched alkanes of at least 4 members (excludes halogenated alkanes) is 1. The van der Waals surface area contributed by atoms with Gasteiger partial charge in [0.1, 0.15) is 12.4 Å². The molecule has 134 valence electrons. The number of benzene rings is 1. The fourth-order valence-corrected chi connectivity index (χ4v) is 1.41. The van der Waals surface area contributed by atoms with Crippen molar-refractivity contribution in [2.75, 3.05) is 33.0 Å². The molecule has 1 aromatic rings. The van der Waals surface area contributed by atoms with Crippen molar-refractivity contribution in [3.05, 3.63) is 30.3 Å². The maximum atomic E-state index is 10.4. The second kappa shape index (κ2) is 20.4. The summed E-state index contributed by atoms with van der Waals surface area (Å²) in [6.45, 7) is 10.2. The Labute approximate surface area is 141 Å². The van der Waals surface area contributed by atoms with E-state index in [-0.39, 0.29) is 6.61 Å². The average molecular weight is 327 g/mol. The molecular weight excluding hydrogens is 294 g/mol. The summed E-state index contributed by atoms with van der Waals surface area (Å²) in [6, 6.07) is 9.73. The van der Waals surface area contributed by atoms with Crippen molar-refractivity contribution < 1.29 is 19.0 Å². The van der Waals surface area contributed by atoms with Gasteiger partial charge in [0.15, 0.2) is 0 Å². The summed E-state index contributed by atoms with van der Waals surface area (Å²) in [5.41, 5.74) is 4.92. The second-order valence-electron chi connectivity index (χ2n) is 4.00. The van der Waals surface area contributed by atoms with E-state index in [2.05, 4.69) is 0 Å². The molecule has 0 saturated heterocycles. The second-order valence-corrected chi connectivity index (χ2v) is 4.00. The van der Waals surface area contributed by atoms with E-state index in [0.29, 0.717) is 26.4 Å². The first-order valence-corrected chi connectivity index (χ1v) is 8.40. The van der Waals surface area contributed by atoms with Gasteiger partial charge < -0.3 is 19.9 Å². The maximum absolute atomic E-state index is 10.4. The first kappa shape index (κ1) is 23.7. The summed E-state index contributed by atoms with van der Waals surface area (Å²) in [5.74, 6) is 0.432. The lowest BCUT2D eigenvalue weighted by atomic mass is 10.3. The molecule has 0 aliphatic rings. The van der Waals surface area contributed by atoms with E-state index in [4.69, 9.17) is 19.9 Å². The molecule has 23 heavy (non-hydrogen) atoms. The zero-order chi connectivity index (χ0) is 17.8. The van der Waals surface area contributed by atoms with Gasteiger partial charge in [0.05, 0.1) is 19.8 Å². The van der Waals surface area contributed by atoms with Crippen molar-refractivity contribution in [3.8, 4) is 5.75 Å². The van der Waals surface area contributed by atoms with Gasteiger partial charge in [-0.2, -0.15) is 0 Å². The van der Waals surface area contributed by atoms with Crippen LogP contribution in [0.25, 0.3) is 0 Å². The molecule has 0 atom stereocenters. The molecule has 1 rings (SSSR count). The lowest BCUT2D eigenvalue weighted by molar-refractivity contribution is -0.123. The number of rotatable bonds is 11. The zero-order valence-corrected chi connectivity index (χ0v) is 15.0. The van der Waals surface area contributed by atoms with Crippen LogP contribution < -0.4 is 10.5 Å². The van der Waals surface area contributed by atoms with Crippen LogP contribution in [0.15, 0.2) is 30.3 Å². The van der Waals surface area contributed by atoms with E-state index < -0.39 is 5.91 Å². The number of carbonyl (C=O) groups is 1. The van der Waals surface area contributed by atoms with Crippen LogP contribution in [0.4, 0.5) is 0 Å². The highest BCUT2D eigenvalue weighted by atomic mass is 16.5. The van der Waals surface area contributed by atoms with Crippen molar-refractivity contribution in [2.24, 2.45) is 5.73 Å². The number of amides is 1. The predicted molar refractivity (Wildman–Crippen MR) is 94.7 cm³/mol. The van der Waals surface area contributed by atoms with Gasteiger partial charge in [-0.25, -0.2) is 0 Å². The van der Waals surface area contributed by atoms with Gasteiger partial charge in [0, 0.05) is 6.61 Å². The molecule has 2 N–H and O–H groups in total. The standard InChI is InChI=1S/C14H21NO4.2C2H6/c15-14(16)12-18-11-10-17-8-4-5-9-19-13-6-2-1-3-7-13;2*1-2/h1-3,6-7H,4-5,8-12H2,(H2,15,16);2*1-2H3. The molecule has 0 bridgehead atoms. The van der Waals surface area contributed by atoms with Crippen LogP contribution in [0, 0.1) is 0 Å². The number of hydrogen-bond donors (Lipinski definition) is 1. The molecule has 0 saturated carbocycles. The van der Waals surface area contributed by atoms with Crippen LogP contribution in [-0.2, 0) is 14.3 Å². The maximum Gasteiger partial charge on any atom is 0.243 e. The van der Waals surface area contributed by atoms with Gasteiger partial charge in [-0.15, -0.1) is 0 Å². The van der Waals surface area contributed by atoms with E-state index in [9.17, 15) is 4.79 Å². The van der Waals surface area contributed by atoms with Crippen LogP contribution in [-0.4, -0.2) is 38.9 Å². The Morgan fingerprint density at radius 3 is 2.04 bits per heavy atom. The van der Waals surface area contributed by atoms with Crippen molar-refractivity contribution in [1.82, 2.24) is 0 Å². The lowest BCUT2D eigenvalue weighted by Crippen LogP contribution is -2.19. The van der Waals surface area contributed by atoms with E-state index in [1.165, 1.54) is 0 Å². The molecule has 0 spiro atoms. The minimum Gasteiger partial charge on any atom is -0.494 e. The first-order chi connectivity index (χ1) is 11.3. The van der Waals surface area contributed by atoms with Crippen LogP contribution in [0.1, 0.15) is 40.5 Å². The summed E-state index contributed by atoms with van der Waals surface area (Å²) >= 11 is 0. The number of primary amides is 1. The molecule has 5 heteroatoms. The Morgan fingerprint density at radius 1 is 0.870 bits per heavy atom. The Hall–Kier alpha value is -1.59. The number of para-hydroxylation sites is 1. The fourth-order valence-electron chi connectivity index (χ4n) is 1.41. The normalized spacial score (nSPS) is 9.04. The molecule has 0 aliphatic heterocycles. The number of nitrogens with two attached hydrogens (primary N) is 1. The Bertz CT molecular complexity index is 344. The van der Waals surface area contributed by atoms with E-state index in [1.807, 2.05) is 58.0 Å². The van der Waals surface area contributed by atoms with E-state index >= 15 is 0 Å². The minimum absolute atomic E-state index is 0.0473. The van der Waals surface area contributed by atoms with Gasteiger partial charge in [-0.1, -0.05) is 45.9 Å². The molecular formula is C18H33NO4. The molecule has 5 nitrogen and oxygen atoms in total. The molecule has 0 heterocycles. The van der Waals surface area contributed by atoms with Crippen molar-refractivity contribution >= 4 is 5.91 Å². The highest BCUT2D eigenvalue weighted by molar-refractivity contribution is 5.74. The van der Waals surface area contributed by atoms with E-state index in [1.54, 1.807) is 0 Å². The predicted octanol–water partition coefficient (Wildman–Crippen LogP) is 3.42. The topological polar surface area (TPSA) is 70.8 Å². The smallest absolute Gasteiger partial charge is 0.243 e. The summed E-state index contributed by atoms with van der Waals surface area (Å²) in [6.07, 6.45) is 1.87. The van der Waals surface area contributed by atoms with Crippen LogP contribution in [0.5, 0.6) is 5.75 Å². The van der Waals surface area contributed by atoms with Crippen molar-refractivity contribution in [3.63, 3.8) is 0 Å². The Balaban J connectivity index is 0. The van der Waals surface area contributed by atoms with Crippen LogP contribution in [0.2, 0.25) is 0 Å².